The van der Waals surface area contributed by atoms with E-state index in [4.69, 9.17) is 28.9 Å². The quantitative estimate of drug-likeness (QED) is 0.507. The monoisotopic (exact) mass is 468 g/mol. The number of fused-ring (bicyclic) bond motifs is 2. The first kappa shape index (κ1) is 22.0. The molecule has 0 unspecified atom stereocenters. The van der Waals surface area contributed by atoms with Crippen LogP contribution in [0.4, 0.5) is 14.5 Å². The summed E-state index contributed by atoms with van der Waals surface area (Å²) in [5.74, 6) is -3.31. The van der Waals surface area contributed by atoms with E-state index in [-0.39, 0.29) is 22.2 Å². The molecular formula is C21H20Cl2F2N4O2. The van der Waals surface area contributed by atoms with Gasteiger partial charge in [-0.05, 0) is 42.3 Å². The van der Waals surface area contributed by atoms with E-state index in [1.54, 1.807) is 6.07 Å². The highest BCUT2D eigenvalue weighted by Gasteiger charge is 2.61. The highest BCUT2D eigenvalue weighted by Crippen LogP contribution is 2.53. The first-order valence-corrected chi connectivity index (χ1v) is 10.5. The van der Waals surface area contributed by atoms with Gasteiger partial charge in [-0.2, -0.15) is 0 Å². The Morgan fingerprint density at radius 3 is 2.77 bits per heavy atom. The number of nitrogens with one attached hydrogen (secondary N) is 3. The number of anilines is 1. The number of benzene rings is 2. The fraction of sp³-hybridized carbons (Fsp3) is 0.333. The van der Waals surface area contributed by atoms with Crippen LogP contribution in [0.25, 0.3) is 0 Å². The molecule has 4 rings (SSSR count). The molecule has 164 valence electrons. The standard InChI is InChI=1S/C21H20Cl2F2N4O2/c22-12-4-1-3-10(17(12)25)16-18(19(30)27-6-2-5-26)28-9-21(16)11-7-14(24)13(23)8-15(11)29-20(21)31/h1,3-4,7-8,16,18,28H,2,5-6,9,26H2,(H,27,30)(H,29,31)/t16-,18+,21+/m0/s1. The second kappa shape index (κ2) is 8.35. The molecule has 2 aliphatic heterocycles. The minimum atomic E-state index is -1.43. The molecule has 2 amide bonds. The van der Waals surface area contributed by atoms with E-state index in [9.17, 15) is 14.0 Å². The van der Waals surface area contributed by atoms with Crippen molar-refractivity contribution in [1.29, 1.82) is 0 Å². The number of amides is 2. The largest absolute Gasteiger partial charge is 0.355 e. The number of nitrogens with two attached hydrogens (primary N) is 1. The van der Waals surface area contributed by atoms with Gasteiger partial charge in [0.25, 0.3) is 0 Å². The summed E-state index contributed by atoms with van der Waals surface area (Å²) < 4.78 is 29.5. The summed E-state index contributed by atoms with van der Waals surface area (Å²) in [6, 6.07) is 5.94. The minimum absolute atomic E-state index is 0.00149. The van der Waals surface area contributed by atoms with Crippen molar-refractivity contribution < 1.29 is 18.4 Å². The molecule has 2 aromatic carbocycles. The number of rotatable bonds is 5. The molecule has 2 aliphatic rings. The van der Waals surface area contributed by atoms with Crippen LogP contribution in [0.3, 0.4) is 0 Å². The Morgan fingerprint density at radius 2 is 2.03 bits per heavy atom. The molecule has 3 atom stereocenters. The highest BCUT2D eigenvalue weighted by atomic mass is 35.5. The minimum Gasteiger partial charge on any atom is -0.355 e. The molecule has 0 aromatic heterocycles. The maximum atomic E-state index is 15.1. The Morgan fingerprint density at radius 1 is 1.26 bits per heavy atom. The lowest BCUT2D eigenvalue weighted by molar-refractivity contribution is -0.123. The Kier molecular flexibility index (Phi) is 5.91. The van der Waals surface area contributed by atoms with Crippen LogP contribution in [0.5, 0.6) is 0 Å². The van der Waals surface area contributed by atoms with Crippen molar-refractivity contribution in [3.63, 3.8) is 0 Å². The van der Waals surface area contributed by atoms with Crippen LogP contribution in [0, 0.1) is 11.6 Å². The fourth-order valence-electron chi connectivity index (χ4n) is 4.52. The fourth-order valence-corrected chi connectivity index (χ4v) is 4.86. The molecule has 1 saturated heterocycles. The third-order valence-electron chi connectivity index (χ3n) is 5.94. The van der Waals surface area contributed by atoms with Gasteiger partial charge in [0.05, 0.1) is 21.5 Å². The Labute approximate surface area is 187 Å². The van der Waals surface area contributed by atoms with E-state index in [2.05, 4.69) is 16.0 Å². The Bertz CT molecular complexity index is 1070. The molecule has 2 aromatic rings. The third kappa shape index (κ3) is 3.47. The molecule has 2 heterocycles. The normalized spacial score (nSPS) is 24.4. The number of hydrogen-bond acceptors (Lipinski definition) is 4. The summed E-state index contributed by atoms with van der Waals surface area (Å²) in [7, 11) is 0. The average molecular weight is 469 g/mol. The number of hydrogen-bond donors (Lipinski definition) is 4. The lowest BCUT2D eigenvalue weighted by Gasteiger charge is -2.31. The molecule has 0 bridgehead atoms. The Hall–Kier alpha value is -2.26. The van der Waals surface area contributed by atoms with E-state index in [0.29, 0.717) is 30.8 Å². The van der Waals surface area contributed by atoms with E-state index in [1.165, 1.54) is 24.3 Å². The number of carbonyl (C=O) groups excluding carboxylic acids is 2. The van der Waals surface area contributed by atoms with Crippen LogP contribution in [0.2, 0.25) is 10.0 Å². The van der Waals surface area contributed by atoms with Gasteiger partial charge in [-0.3, -0.25) is 9.59 Å². The molecule has 0 radical (unpaired) electrons. The van der Waals surface area contributed by atoms with Crippen molar-refractivity contribution in [2.24, 2.45) is 5.73 Å². The topological polar surface area (TPSA) is 96.2 Å². The molecule has 0 saturated carbocycles. The first-order valence-electron chi connectivity index (χ1n) is 9.77. The van der Waals surface area contributed by atoms with E-state index >= 15 is 4.39 Å². The molecule has 6 nitrogen and oxygen atoms in total. The summed E-state index contributed by atoms with van der Waals surface area (Å²) in [4.78, 5) is 26.2. The van der Waals surface area contributed by atoms with Gasteiger partial charge in [-0.25, -0.2) is 8.78 Å². The molecule has 1 spiro atoms. The molecule has 5 N–H and O–H groups in total. The van der Waals surface area contributed by atoms with Crippen molar-refractivity contribution in [3.8, 4) is 0 Å². The molecule has 0 aliphatic carbocycles. The van der Waals surface area contributed by atoms with E-state index in [1.807, 2.05) is 0 Å². The second-order valence-corrected chi connectivity index (χ2v) is 8.46. The van der Waals surface area contributed by atoms with Crippen molar-refractivity contribution in [2.45, 2.75) is 23.8 Å². The predicted octanol–water partition coefficient (Wildman–Crippen LogP) is 2.68. The van der Waals surface area contributed by atoms with Gasteiger partial charge in [-0.1, -0.05) is 35.3 Å². The van der Waals surface area contributed by atoms with Crippen molar-refractivity contribution in [2.75, 3.05) is 25.0 Å². The summed E-state index contributed by atoms with van der Waals surface area (Å²) in [6.07, 6.45) is 0.562. The van der Waals surface area contributed by atoms with Gasteiger partial charge in [0.15, 0.2) is 0 Å². The first-order chi connectivity index (χ1) is 14.8. The summed E-state index contributed by atoms with van der Waals surface area (Å²) >= 11 is 11.9. The predicted molar refractivity (Wildman–Crippen MR) is 114 cm³/mol. The summed E-state index contributed by atoms with van der Waals surface area (Å²) in [5.41, 5.74) is 4.79. The SMILES string of the molecule is NCCCNC(=O)[C@@H]1NC[C@]2(C(=O)Nc3cc(Cl)c(F)cc32)[C@H]1c1cccc(Cl)c1F. The van der Waals surface area contributed by atoms with E-state index < -0.39 is 40.8 Å². The molecule has 1 fully saturated rings. The van der Waals surface area contributed by atoms with Gasteiger partial charge < -0.3 is 21.7 Å². The van der Waals surface area contributed by atoms with Crippen LogP contribution in [-0.2, 0) is 15.0 Å². The van der Waals surface area contributed by atoms with Crippen LogP contribution in [0.15, 0.2) is 30.3 Å². The summed E-state index contributed by atoms with van der Waals surface area (Å²) in [5, 5.41) is 8.23. The van der Waals surface area contributed by atoms with Gasteiger partial charge >= 0.3 is 0 Å². The Balaban J connectivity index is 1.87. The van der Waals surface area contributed by atoms with Crippen molar-refractivity contribution in [1.82, 2.24) is 10.6 Å². The maximum absolute atomic E-state index is 15.1. The average Bonchev–Trinajstić information content (AvgIpc) is 3.25. The lowest BCUT2D eigenvalue weighted by atomic mass is 9.68. The molecule has 10 heteroatoms. The van der Waals surface area contributed by atoms with Crippen molar-refractivity contribution in [3.05, 3.63) is 63.1 Å². The smallest absolute Gasteiger partial charge is 0.237 e. The zero-order valence-corrected chi connectivity index (χ0v) is 17.8. The van der Waals surface area contributed by atoms with Gasteiger partial charge in [0, 0.05) is 24.7 Å². The van der Waals surface area contributed by atoms with Gasteiger partial charge in [-0.15, -0.1) is 0 Å². The second-order valence-electron chi connectivity index (χ2n) is 7.65. The number of carbonyl (C=O) groups is 2. The van der Waals surface area contributed by atoms with Crippen LogP contribution >= 0.6 is 23.2 Å². The van der Waals surface area contributed by atoms with Crippen LogP contribution in [-0.4, -0.2) is 37.5 Å². The van der Waals surface area contributed by atoms with Gasteiger partial charge in [0.1, 0.15) is 11.6 Å². The zero-order valence-electron chi connectivity index (χ0n) is 16.3. The molecular weight excluding hydrogens is 449 g/mol. The maximum Gasteiger partial charge on any atom is 0.237 e. The summed E-state index contributed by atoms with van der Waals surface area (Å²) in [6.45, 7) is 0.723. The zero-order chi connectivity index (χ0) is 22.3. The van der Waals surface area contributed by atoms with Crippen molar-refractivity contribution >= 4 is 40.7 Å². The number of halogens is 4. The van der Waals surface area contributed by atoms with Crippen LogP contribution < -0.4 is 21.7 Å². The third-order valence-corrected chi connectivity index (χ3v) is 6.52. The van der Waals surface area contributed by atoms with E-state index in [0.717, 1.165) is 0 Å². The highest BCUT2D eigenvalue weighted by molar-refractivity contribution is 6.31. The van der Waals surface area contributed by atoms with Gasteiger partial charge in [0.2, 0.25) is 11.8 Å². The molecule has 31 heavy (non-hydrogen) atoms. The van der Waals surface area contributed by atoms with Crippen LogP contribution in [0.1, 0.15) is 23.5 Å². The lowest BCUT2D eigenvalue weighted by Crippen LogP contribution is -2.46.